The van der Waals surface area contributed by atoms with E-state index >= 15 is 0 Å². The first kappa shape index (κ1) is 17.6. The zero-order chi connectivity index (χ0) is 17.8. The lowest BCUT2D eigenvalue weighted by Gasteiger charge is -2.24. The van der Waals surface area contributed by atoms with Gasteiger partial charge in [-0.1, -0.05) is 30.3 Å². The first-order chi connectivity index (χ1) is 12.2. The van der Waals surface area contributed by atoms with E-state index in [9.17, 15) is 4.79 Å². The summed E-state index contributed by atoms with van der Waals surface area (Å²) in [5.41, 5.74) is 4.44. The number of carbonyl (C=O) groups excluding carboxylic acids is 1. The summed E-state index contributed by atoms with van der Waals surface area (Å²) in [5, 5.41) is 0. The molecule has 0 saturated carbocycles. The molecular weight excluding hydrogens is 338 g/mol. The zero-order valence-electron chi connectivity index (χ0n) is 14.5. The van der Waals surface area contributed by atoms with Crippen LogP contribution in [0.15, 0.2) is 36.4 Å². The van der Waals surface area contributed by atoms with Crippen LogP contribution in [0.1, 0.15) is 28.2 Å². The third-order valence-corrected chi connectivity index (χ3v) is 5.11. The highest BCUT2D eigenvalue weighted by atomic mass is 35.5. The van der Waals surface area contributed by atoms with Crippen molar-refractivity contribution in [2.75, 3.05) is 27.3 Å². The molecular formula is C20H22ClNO3. The molecule has 3 rings (SSSR count). The maximum atomic E-state index is 11.5. The van der Waals surface area contributed by atoms with Gasteiger partial charge in [-0.2, -0.15) is 0 Å². The van der Waals surface area contributed by atoms with Crippen LogP contribution in [-0.2, 0) is 17.1 Å². The van der Waals surface area contributed by atoms with Crippen molar-refractivity contribution in [1.29, 1.82) is 0 Å². The summed E-state index contributed by atoms with van der Waals surface area (Å²) < 4.78 is 11.1. The van der Waals surface area contributed by atoms with E-state index in [1.165, 1.54) is 5.56 Å². The van der Waals surface area contributed by atoms with Gasteiger partial charge in [0.05, 0.1) is 20.1 Å². The summed E-state index contributed by atoms with van der Waals surface area (Å²) in [6.07, 6.45) is 1.68. The van der Waals surface area contributed by atoms with Crippen LogP contribution in [0.4, 0.5) is 0 Å². The Morgan fingerprint density at radius 2 is 2.00 bits per heavy atom. The fourth-order valence-corrected chi connectivity index (χ4v) is 3.91. The first-order valence-electron chi connectivity index (χ1n) is 8.30. The minimum absolute atomic E-state index is 0.0747. The molecule has 0 aromatic heterocycles. The summed E-state index contributed by atoms with van der Waals surface area (Å²) in [5.74, 6) is 1.77. The van der Waals surface area contributed by atoms with Crippen molar-refractivity contribution >= 4 is 18.0 Å². The number of rotatable bonds is 5. The smallest absolute Gasteiger partial charge is 0.209 e. The molecule has 0 aliphatic carbocycles. The average Bonchev–Trinajstić information content (AvgIpc) is 2.86. The molecule has 0 bridgehead atoms. The molecule has 1 unspecified atom stereocenters. The molecule has 0 N–H and O–H groups in total. The average molecular weight is 360 g/mol. The van der Waals surface area contributed by atoms with Gasteiger partial charge >= 0.3 is 0 Å². The summed E-state index contributed by atoms with van der Waals surface area (Å²) in [6, 6.07) is 12.3. The van der Waals surface area contributed by atoms with Crippen molar-refractivity contribution in [1.82, 2.24) is 4.90 Å². The van der Waals surface area contributed by atoms with Gasteiger partial charge in [-0.25, -0.2) is 0 Å². The lowest BCUT2D eigenvalue weighted by molar-refractivity contribution is -0.118. The Kier molecular flexibility index (Phi) is 5.49. The van der Waals surface area contributed by atoms with Crippen LogP contribution >= 0.6 is 11.6 Å². The first-order valence-corrected chi connectivity index (χ1v) is 8.83. The molecule has 1 amide bonds. The van der Waals surface area contributed by atoms with Crippen molar-refractivity contribution in [3.63, 3.8) is 0 Å². The van der Waals surface area contributed by atoms with E-state index in [0.29, 0.717) is 30.5 Å². The van der Waals surface area contributed by atoms with Gasteiger partial charge in [0, 0.05) is 24.6 Å². The molecule has 0 saturated heterocycles. The van der Waals surface area contributed by atoms with Gasteiger partial charge in [-0.15, -0.1) is 11.6 Å². The van der Waals surface area contributed by atoms with Gasteiger partial charge in [0.1, 0.15) is 0 Å². The SMILES string of the molecule is COc1cc2c(c(CCl)c1OC)CCN(C=O)CC2c1ccccc1. The van der Waals surface area contributed by atoms with Crippen molar-refractivity contribution in [2.24, 2.45) is 0 Å². The van der Waals surface area contributed by atoms with E-state index in [-0.39, 0.29) is 5.92 Å². The topological polar surface area (TPSA) is 38.8 Å². The number of fused-ring (bicyclic) bond motifs is 1. The fourth-order valence-electron chi connectivity index (χ4n) is 3.62. The van der Waals surface area contributed by atoms with Crippen LogP contribution in [0.25, 0.3) is 0 Å². The van der Waals surface area contributed by atoms with Crippen LogP contribution in [0.5, 0.6) is 11.5 Å². The van der Waals surface area contributed by atoms with E-state index in [4.69, 9.17) is 21.1 Å². The van der Waals surface area contributed by atoms with E-state index in [1.54, 1.807) is 14.2 Å². The highest BCUT2D eigenvalue weighted by molar-refractivity contribution is 6.17. The quantitative estimate of drug-likeness (QED) is 0.605. The third kappa shape index (κ3) is 3.31. The molecule has 2 aromatic carbocycles. The van der Waals surface area contributed by atoms with Crippen molar-refractivity contribution in [3.8, 4) is 11.5 Å². The van der Waals surface area contributed by atoms with Gasteiger partial charge in [0.15, 0.2) is 11.5 Å². The van der Waals surface area contributed by atoms with Crippen molar-refractivity contribution < 1.29 is 14.3 Å². The highest BCUT2D eigenvalue weighted by Crippen LogP contribution is 2.42. The molecule has 1 aliphatic rings. The van der Waals surface area contributed by atoms with Crippen LogP contribution in [0.2, 0.25) is 0 Å². The van der Waals surface area contributed by atoms with Crippen LogP contribution < -0.4 is 9.47 Å². The second-order valence-electron chi connectivity index (χ2n) is 6.11. The second kappa shape index (κ2) is 7.79. The third-order valence-electron chi connectivity index (χ3n) is 4.85. The molecule has 25 heavy (non-hydrogen) atoms. The summed E-state index contributed by atoms with van der Waals surface area (Å²) in [4.78, 5) is 13.3. The molecule has 5 heteroatoms. The standard InChI is InChI=1S/C20H22ClNO3/c1-24-19-10-16-15(17(11-21)20(19)25-2)8-9-22(13-23)12-18(16)14-6-4-3-5-7-14/h3-7,10,13,18H,8-9,11-12H2,1-2H3. The molecule has 2 aromatic rings. The monoisotopic (exact) mass is 359 g/mol. The van der Waals surface area contributed by atoms with Crippen LogP contribution in [0, 0.1) is 0 Å². The number of methoxy groups -OCH3 is 2. The van der Waals surface area contributed by atoms with Gasteiger partial charge < -0.3 is 14.4 Å². The van der Waals surface area contributed by atoms with E-state index in [0.717, 1.165) is 29.5 Å². The molecule has 132 valence electrons. The van der Waals surface area contributed by atoms with Crippen molar-refractivity contribution in [2.45, 2.75) is 18.2 Å². The Bertz CT molecular complexity index is 748. The lowest BCUT2D eigenvalue weighted by Crippen LogP contribution is -2.27. The maximum Gasteiger partial charge on any atom is 0.209 e. The predicted octanol–water partition coefficient (Wildman–Crippen LogP) is 3.59. The number of amides is 1. The Morgan fingerprint density at radius 3 is 2.60 bits per heavy atom. The fraction of sp³-hybridized carbons (Fsp3) is 0.350. The minimum Gasteiger partial charge on any atom is -0.493 e. The Morgan fingerprint density at radius 1 is 1.24 bits per heavy atom. The predicted molar refractivity (Wildman–Crippen MR) is 98.7 cm³/mol. The molecule has 0 spiro atoms. The molecule has 0 radical (unpaired) electrons. The Hall–Kier alpha value is -2.20. The summed E-state index contributed by atoms with van der Waals surface area (Å²) in [6.45, 7) is 1.30. The van der Waals surface area contributed by atoms with Gasteiger partial charge in [-0.3, -0.25) is 4.79 Å². The van der Waals surface area contributed by atoms with E-state index < -0.39 is 0 Å². The lowest BCUT2D eigenvalue weighted by atomic mass is 9.85. The number of benzene rings is 2. The molecule has 0 fully saturated rings. The van der Waals surface area contributed by atoms with Crippen LogP contribution in [0.3, 0.4) is 0 Å². The largest absolute Gasteiger partial charge is 0.493 e. The molecule has 1 aliphatic heterocycles. The number of carbonyl (C=O) groups is 1. The maximum absolute atomic E-state index is 11.5. The number of halogens is 1. The highest BCUT2D eigenvalue weighted by Gasteiger charge is 2.28. The molecule has 4 nitrogen and oxygen atoms in total. The van der Waals surface area contributed by atoms with E-state index in [2.05, 4.69) is 12.1 Å². The zero-order valence-corrected chi connectivity index (χ0v) is 15.3. The number of alkyl halides is 1. The van der Waals surface area contributed by atoms with Gasteiger partial charge in [0.25, 0.3) is 0 Å². The number of ether oxygens (including phenoxy) is 2. The van der Waals surface area contributed by atoms with E-state index in [1.807, 2.05) is 29.2 Å². The number of hydrogen-bond donors (Lipinski definition) is 0. The molecule has 1 heterocycles. The number of nitrogens with zero attached hydrogens (tertiary/aromatic N) is 1. The van der Waals surface area contributed by atoms with Crippen molar-refractivity contribution in [3.05, 3.63) is 58.7 Å². The summed E-state index contributed by atoms with van der Waals surface area (Å²) >= 11 is 6.28. The van der Waals surface area contributed by atoms with Gasteiger partial charge in [0.2, 0.25) is 6.41 Å². The second-order valence-corrected chi connectivity index (χ2v) is 6.37. The Balaban J connectivity index is 2.23. The van der Waals surface area contributed by atoms with Crippen LogP contribution in [-0.4, -0.2) is 38.6 Å². The van der Waals surface area contributed by atoms with Gasteiger partial charge in [-0.05, 0) is 29.2 Å². The molecule has 1 atom stereocenters. The summed E-state index contributed by atoms with van der Waals surface area (Å²) in [7, 11) is 3.26. The normalized spacial score (nSPS) is 16.8. The Labute approximate surface area is 153 Å². The number of hydrogen-bond acceptors (Lipinski definition) is 3. The minimum atomic E-state index is 0.0747.